The van der Waals surface area contributed by atoms with E-state index in [9.17, 15) is 19.2 Å². The summed E-state index contributed by atoms with van der Waals surface area (Å²) in [5.74, 6) is -0.727. The second-order valence-corrected chi connectivity index (χ2v) is 10.7. The lowest BCUT2D eigenvalue weighted by molar-refractivity contribution is -0.142. The molecule has 218 valence electrons. The Balaban J connectivity index is 1.79. The van der Waals surface area contributed by atoms with E-state index >= 15 is 0 Å². The fourth-order valence-electron chi connectivity index (χ4n) is 5.51. The largest absolute Gasteiger partial charge is 0.496 e. The number of aromatic nitrogens is 1. The smallest absolute Gasteiger partial charge is 0.326 e. The van der Waals surface area contributed by atoms with Crippen LogP contribution in [0.25, 0.3) is 5.57 Å². The zero-order valence-electron chi connectivity index (χ0n) is 24.2. The van der Waals surface area contributed by atoms with E-state index in [4.69, 9.17) is 14.5 Å². The number of thiazole rings is 1. The fourth-order valence-corrected chi connectivity index (χ4v) is 6.64. The number of nitrogens with zero attached hydrogens (tertiary/aromatic N) is 4. The fraction of sp³-hybridized carbons (Fsp3) is 0.323. The van der Waals surface area contributed by atoms with Gasteiger partial charge in [0.05, 0.1) is 36.2 Å². The van der Waals surface area contributed by atoms with Crippen molar-refractivity contribution < 1.29 is 23.9 Å². The van der Waals surface area contributed by atoms with Crippen LogP contribution in [0.4, 0.5) is 5.69 Å². The molecule has 0 aliphatic carbocycles. The van der Waals surface area contributed by atoms with E-state index in [1.165, 1.54) is 9.47 Å². The number of carbonyl (C=O) groups excluding carboxylic acids is 3. The first kappa shape index (κ1) is 29.0. The summed E-state index contributed by atoms with van der Waals surface area (Å²) in [7, 11) is 1.54. The molecule has 5 rings (SSSR count). The van der Waals surface area contributed by atoms with E-state index in [0.29, 0.717) is 51.7 Å². The van der Waals surface area contributed by atoms with Gasteiger partial charge in [0.15, 0.2) is 4.80 Å². The van der Waals surface area contributed by atoms with Crippen LogP contribution in [0, 0.1) is 0 Å². The Morgan fingerprint density at radius 1 is 1.02 bits per heavy atom. The molecule has 3 aromatic rings. The number of carbonyl (C=O) groups is 3. The van der Waals surface area contributed by atoms with Crippen LogP contribution in [0.5, 0.6) is 5.75 Å². The normalized spacial score (nSPS) is 17.0. The lowest BCUT2D eigenvalue weighted by Gasteiger charge is -2.29. The van der Waals surface area contributed by atoms with E-state index in [0.717, 1.165) is 11.3 Å². The third kappa shape index (κ3) is 4.73. The number of rotatable bonds is 8. The monoisotopic (exact) mass is 588 g/mol. The van der Waals surface area contributed by atoms with Crippen LogP contribution in [-0.4, -0.2) is 60.6 Å². The first-order valence-corrected chi connectivity index (χ1v) is 14.6. The maximum Gasteiger partial charge on any atom is 0.326 e. The Hall–Kier alpha value is -4.51. The third-order valence-corrected chi connectivity index (χ3v) is 8.51. The Labute approximate surface area is 246 Å². The third-order valence-electron chi connectivity index (χ3n) is 7.45. The minimum atomic E-state index is -0.831. The molecule has 0 radical (unpaired) electrons. The Bertz CT molecular complexity index is 1800. The number of allylic oxidation sites excluding steroid dienone is 1. The van der Waals surface area contributed by atoms with Crippen LogP contribution in [0.3, 0.4) is 0 Å². The molecule has 10 nitrogen and oxygen atoms in total. The van der Waals surface area contributed by atoms with Crippen molar-refractivity contribution in [3.8, 4) is 5.75 Å². The molecule has 2 aromatic carbocycles. The first-order chi connectivity index (χ1) is 20.3. The number of ether oxygens (including phenoxy) is 2. The Morgan fingerprint density at radius 2 is 1.71 bits per heavy atom. The van der Waals surface area contributed by atoms with Crippen LogP contribution in [0.1, 0.15) is 44.9 Å². The summed E-state index contributed by atoms with van der Waals surface area (Å²) in [6.45, 7) is 8.14. The van der Waals surface area contributed by atoms with Gasteiger partial charge in [-0.2, -0.15) is 0 Å². The van der Waals surface area contributed by atoms with Gasteiger partial charge in [0.2, 0.25) is 0 Å². The van der Waals surface area contributed by atoms with Gasteiger partial charge in [0.25, 0.3) is 17.4 Å². The van der Waals surface area contributed by atoms with Gasteiger partial charge in [-0.05, 0) is 39.8 Å². The van der Waals surface area contributed by atoms with Crippen molar-refractivity contribution in [2.45, 2.75) is 33.7 Å². The van der Waals surface area contributed by atoms with Crippen LogP contribution in [-0.2, 0) is 19.1 Å². The number of likely N-dealkylation sites (N-methyl/N-ethyl adjacent to an activating group) is 1. The Morgan fingerprint density at radius 3 is 2.40 bits per heavy atom. The minimum Gasteiger partial charge on any atom is -0.496 e. The second-order valence-electron chi connectivity index (χ2n) is 9.71. The number of amides is 2. The SMILES string of the molecule is CCOC(=O)CN1C(=O)/C(=c2\sc3n(c2=O)[C@@H](c2ccccc2OC)C(C(=O)N(CC)CC)=C(C)N=3)c2ccccc21. The van der Waals surface area contributed by atoms with E-state index < -0.39 is 23.5 Å². The van der Waals surface area contributed by atoms with Gasteiger partial charge < -0.3 is 14.4 Å². The zero-order valence-corrected chi connectivity index (χ0v) is 25.0. The van der Waals surface area contributed by atoms with E-state index in [2.05, 4.69) is 0 Å². The number of benzene rings is 2. The number of fused-ring (bicyclic) bond motifs is 2. The highest BCUT2D eigenvalue weighted by Gasteiger charge is 2.39. The quantitative estimate of drug-likeness (QED) is 0.374. The van der Waals surface area contributed by atoms with E-state index in [1.807, 2.05) is 32.0 Å². The summed E-state index contributed by atoms with van der Waals surface area (Å²) in [5, 5.41) is 0. The van der Waals surface area contributed by atoms with E-state index in [1.54, 1.807) is 56.2 Å². The number of hydrogen-bond donors (Lipinski definition) is 0. The lowest BCUT2D eigenvalue weighted by Crippen LogP contribution is -2.43. The van der Waals surface area contributed by atoms with Gasteiger partial charge in [-0.15, -0.1) is 0 Å². The van der Waals surface area contributed by atoms with E-state index in [-0.39, 0.29) is 29.2 Å². The number of para-hydroxylation sites is 2. The molecule has 0 fully saturated rings. The highest BCUT2D eigenvalue weighted by Crippen LogP contribution is 2.37. The number of esters is 1. The van der Waals surface area contributed by atoms with Crippen molar-refractivity contribution in [3.63, 3.8) is 0 Å². The van der Waals surface area contributed by atoms with Crippen molar-refractivity contribution in [1.82, 2.24) is 9.47 Å². The molecular formula is C31H32N4O6S. The Kier molecular flexibility index (Phi) is 8.13. The van der Waals surface area contributed by atoms with Gasteiger partial charge >= 0.3 is 5.97 Å². The van der Waals surface area contributed by atoms with Crippen molar-refractivity contribution in [2.75, 3.05) is 38.3 Å². The molecule has 0 bridgehead atoms. The molecule has 0 saturated carbocycles. The minimum absolute atomic E-state index is 0.182. The zero-order chi connectivity index (χ0) is 30.1. The first-order valence-electron chi connectivity index (χ1n) is 13.8. The lowest BCUT2D eigenvalue weighted by atomic mass is 9.94. The van der Waals surface area contributed by atoms with Crippen LogP contribution in [0.15, 0.2) is 69.6 Å². The summed E-state index contributed by atoms with van der Waals surface area (Å²) in [5.41, 5.74) is 2.28. The summed E-state index contributed by atoms with van der Waals surface area (Å²) in [6, 6.07) is 13.5. The topological polar surface area (TPSA) is 111 Å². The molecule has 2 aliphatic rings. The van der Waals surface area contributed by atoms with Crippen molar-refractivity contribution in [2.24, 2.45) is 4.99 Å². The van der Waals surface area contributed by atoms with Crippen LogP contribution >= 0.6 is 11.3 Å². The predicted molar refractivity (Wildman–Crippen MR) is 159 cm³/mol. The average molecular weight is 589 g/mol. The van der Waals surface area contributed by atoms with Gasteiger partial charge in [-0.1, -0.05) is 47.7 Å². The van der Waals surface area contributed by atoms with Crippen LogP contribution in [0.2, 0.25) is 0 Å². The molecule has 0 saturated heterocycles. The molecule has 0 N–H and O–H groups in total. The van der Waals surface area contributed by atoms with Gasteiger partial charge in [0.1, 0.15) is 22.9 Å². The standard InChI is InChI=1S/C31H32N4O6S/c1-6-33(7-2)28(37)24-18(4)32-31-35(26(24)20-14-10-12-16-22(20)40-5)30(39)27(42-31)25-19-13-9-11-15-21(19)34(29(25)38)17-23(36)41-8-3/h9-16,26H,6-8,17H2,1-5H3/b27-25-/t26-/m0/s1. The molecular weight excluding hydrogens is 556 g/mol. The number of methoxy groups -OCH3 is 1. The average Bonchev–Trinajstić information content (AvgIpc) is 3.45. The van der Waals surface area contributed by atoms with Gasteiger partial charge in [-0.25, -0.2) is 4.99 Å². The summed E-state index contributed by atoms with van der Waals surface area (Å²) < 4.78 is 12.4. The number of anilines is 1. The number of hydrogen-bond acceptors (Lipinski definition) is 8. The highest BCUT2D eigenvalue weighted by atomic mass is 32.1. The molecule has 1 aromatic heterocycles. The summed E-state index contributed by atoms with van der Waals surface area (Å²) in [6.07, 6.45) is 0. The van der Waals surface area contributed by atoms with Crippen molar-refractivity contribution in [3.05, 3.63) is 90.6 Å². The molecule has 2 aliphatic heterocycles. The maximum atomic E-state index is 14.4. The van der Waals surface area contributed by atoms with Gasteiger partial charge in [0, 0.05) is 24.2 Å². The highest BCUT2D eigenvalue weighted by molar-refractivity contribution is 7.07. The van der Waals surface area contributed by atoms with Crippen molar-refractivity contribution >= 4 is 40.4 Å². The van der Waals surface area contributed by atoms with Crippen molar-refractivity contribution in [1.29, 1.82) is 0 Å². The molecule has 1 atom stereocenters. The maximum absolute atomic E-state index is 14.4. The van der Waals surface area contributed by atoms with Gasteiger partial charge in [-0.3, -0.25) is 28.6 Å². The molecule has 0 spiro atoms. The molecule has 42 heavy (non-hydrogen) atoms. The molecule has 2 amide bonds. The predicted octanol–water partition coefficient (Wildman–Crippen LogP) is 2.39. The molecule has 11 heteroatoms. The molecule has 0 unspecified atom stereocenters. The second kappa shape index (κ2) is 11.8. The summed E-state index contributed by atoms with van der Waals surface area (Å²) >= 11 is 1.09. The summed E-state index contributed by atoms with van der Waals surface area (Å²) in [4.78, 5) is 62.6. The van der Waals surface area contributed by atoms with Crippen LogP contribution < -0.4 is 24.5 Å². The molecule has 3 heterocycles.